The monoisotopic (exact) mass is 1760 g/mol. The largest absolute Gasteiger partial charge is 0.308 e. The van der Waals surface area contributed by atoms with Gasteiger partial charge < -0.3 is 26.9 Å². The zero-order valence-electron chi connectivity index (χ0n) is 75.5. The van der Waals surface area contributed by atoms with E-state index in [1.165, 1.54) is 203 Å². The van der Waals surface area contributed by atoms with Gasteiger partial charge in [0.05, 0.1) is 82.8 Å². The van der Waals surface area contributed by atoms with Gasteiger partial charge in [0, 0.05) is 81.7 Å². The second-order valence-corrected chi connectivity index (χ2v) is 35.8. The molecule has 0 atom stereocenters. The standard InChI is InChI=1S/C48H32N2.2C42H28N2/c1-4-15-33(16-5-1)36-29-37(34-17-6-2-7-18-34)31-38(30-36)35-27-28-45-43(32-35)42-23-14-22-41-40-21-10-11-24-44(40)49(39-19-8-3-9-20-39)46-25-12-13-26-47(46)50(45)48(41)42;1-3-12-29(13-4-1)30-22-24-31(25-23-30)32-26-27-39-37(28-32)36-18-11-17-35-34-16-7-8-19-38(34)43(33-14-5-2-6-15-33)40-20-9-10-21-41(40)44(39)42(35)36;1-2-11-29(12-3-1)30-21-23-31(24-22-30)32-25-27-33(28-26-32)43-38-17-6-4-13-34(38)36-15-10-16-37-35-14-5-7-18-39(35)44(42(36)37)41-20-9-8-19-40(41)43/h1-32H;2*1-28H. The number of hydrogen-bond donors (Lipinski definition) is 0. The zero-order chi connectivity index (χ0) is 91.1. The van der Waals surface area contributed by atoms with E-state index in [-0.39, 0.29) is 0 Å². The number of nitrogens with zero attached hydrogens (tertiary/aromatic N) is 6. The van der Waals surface area contributed by atoms with Gasteiger partial charge in [0.1, 0.15) is 0 Å². The van der Waals surface area contributed by atoms with Crippen LogP contribution in [0, 0.1) is 0 Å². The van der Waals surface area contributed by atoms with E-state index in [1.54, 1.807) is 0 Å². The highest BCUT2D eigenvalue weighted by Gasteiger charge is 2.23. The van der Waals surface area contributed by atoms with Crippen LogP contribution >= 0.6 is 0 Å². The Morgan fingerprint density at radius 2 is 0.283 bits per heavy atom. The molecule has 0 saturated carbocycles. The van der Waals surface area contributed by atoms with Gasteiger partial charge in [0.15, 0.2) is 0 Å². The van der Waals surface area contributed by atoms with E-state index < -0.39 is 0 Å². The van der Waals surface area contributed by atoms with Crippen LogP contribution in [0.25, 0.3) is 242 Å². The predicted octanol–water partition coefficient (Wildman–Crippen LogP) is 35.4. The molecule has 0 fully saturated rings. The van der Waals surface area contributed by atoms with Crippen molar-refractivity contribution in [2.24, 2.45) is 0 Å². The fraction of sp³-hybridized carbons (Fsp3) is 0. The summed E-state index contributed by atoms with van der Waals surface area (Å²) in [6.45, 7) is 0. The van der Waals surface area contributed by atoms with Crippen LogP contribution in [0.15, 0.2) is 534 Å². The van der Waals surface area contributed by atoms with Gasteiger partial charge in [-0.3, -0.25) is 0 Å². The number of aromatic nitrogens is 6. The zero-order valence-corrected chi connectivity index (χ0v) is 75.5. The molecular weight excluding hydrogens is 1670 g/mol. The molecule has 0 saturated heterocycles. The Labute approximate surface area is 797 Å². The summed E-state index contributed by atoms with van der Waals surface area (Å²) in [6, 6.07) is 194. The third kappa shape index (κ3) is 13.8. The van der Waals surface area contributed by atoms with Crippen molar-refractivity contribution in [3.63, 3.8) is 0 Å². The quantitative estimate of drug-likeness (QED) is 0.131. The number of fused-ring (bicyclic) bond motifs is 21. The molecule has 0 aliphatic heterocycles. The summed E-state index contributed by atoms with van der Waals surface area (Å²) in [5.41, 5.74) is 38.2. The van der Waals surface area contributed by atoms with Crippen molar-refractivity contribution in [3.05, 3.63) is 534 Å². The van der Waals surface area contributed by atoms with Crippen molar-refractivity contribution in [2.75, 3.05) is 0 Å². The maximum Gasteiger partial charge on any atom is 0.0703 e. The summed E-state index contributed by atoms with van der Waals surface area (Å²) < 4.78 is 14.7. The van der Waals surface area contributed by atoms with E-state index in [4.69, 9.17) is 0 Å². The van der Waals surface area contributed by atoms with Crippen LogP contribution in [-0.2, 0) is 0 Å². The van der Waals surface area contributed by atoms with Crippen molar-refractivity contribution < 1.29 is 0 Å². The first-order chi connectivity index (χ1) is 68.5. The van der Waals surface area contributed by atoms with Crippen LogP contribution in [0.1, 0.15) is 0 Å². The molecule has 0 amide bonds. The van der Waals surface area contributed by atoms with Gasteiger partial charge in [0.25, 0.3) is 0 Å². The minimum absolute atomic E-state index is 1.13. The molecule has 0 N–H and O–H groups in total. The molecule has 28 aromatic rings. The average Bonchev–Trinajstić information content (AvgIpc) is 1.54. The minimum Gasteiger partial charge on any atom is -0.308 e. The van der Waals surface area contributed by atoms with E-state index in [2.05, 4.69) is 561 Å². The van der Waals surface area contributed by atoms with E-state index >= 15 is 0 Å². The molecular formula is C132H88N6. The Morgan fingerprint density at radius 3 is 0.601 bits per heavy atom. The SMILES string of the molecule is c1ccc(-c2cc(-c3ccccc3)cc(-c3ccc4c(c3)c3cccc5c6ccccc6n(-c6ccccc6)c6ccccc6n4c53)c2)cc1.c1ccc(-c2ccc(-c3ccc(-n4c5ccccc5c5cccc6c7ccccc7n(c7ccccc74)c56)cc3)cc2)cc1.c1ccc(-c2ccc(-c3ccc4c(c3)c3cccc5c6ccccc6n(-c6ccccc6)c6ccccc6n4c53)cc2)cc1. The van der Waals surface area contributed by atoms with Gasteiger partial charge in [-0.05, 0) is 217 Å². The smallest absolute Gasteiger partial charge is 0.0703 e. The Hall–Kier alpha value is -18.4. The van der Waals surface area contributed by atoms with Crippen molar-refractivity contribution in [1.82, 2.24) is 26.9 Å². The summed E-state index contributed by atoms with van der Waals surface area (Å²) in [7, 11) is 0. The van der Waals surface area contributed by atoms with Crippen LogP contribution in [0.5, 0.6) is 0 Å². The van der Waals surface area contributed by atoms with Crippen molar-refractivity contribution in [3.8, 4) is 95.0 Å². The van der Waals surface area contributed by atoms with Gasteiger partial charge in [-0.2, -0.15) is 0 Å². The number of hydrogen-bond acceptors (Lipinski definition) is 0. The molecule has 0 unspecified atom stereocenters. The van der Waals surface area contributed by atoms with Crippen LogP contribution in [-0.4, -0.2) is 26.9 Å². The Morgan fingerprint density at radius 1 is 0.0942 bits per heavy atom. The molecule has 6 nitrogen and oxygen atoms in total. The van der Waals surface area contributed by atoms with E-state index in [0.29, 0.717) is 0 Å². The second-order valence-electron chi connectivity index (χ2n) is 35.8. The van der Waals surface area contributed by atoms with E-state index in [9.17, 15) is 0 Å². The van der Waals surface area contributed by atoms with Gasteiger partial charge in [-0.25, -0.2) is 0 Å². The topological polar surface area (TPSA) is 28.0 Å². The van der Waals surface area contributed by atoms with Crippen molar-refractivity contribution in [2.45, 2.75) is 0 Å². The van der Waals surface area contributed by atoms with Gasteiger partial charge >= 0.3 is 0 Å². The second kappa shape index (κ2) is 34.0. The van der Waals surface area contributed by atoms with Gasteiger partial charge in [-0.1, -0.05) is 394 Å². The molecule has 0 aliphatic rings. The van der Waals surface area contributed by atoms with Gasteiger partial charge in [-0.15, -0.1) is 0 Å². The molecule has 22 aromatic carbocycles. The number of benzene rings is 22. The lowest BCUT2D eigenvalue weighted by Gasteiger charge is -2.17. The van der Waals surface area contributed by atoms with Crippen molar-refractivity contribution in [1.29, 1.82) is 0 Å². The molecule has 6 aromatic heterocycles. The van der Waals surface area contributed by atoms with Gasteiger partial charge in [0.2, 0.25) is 0 Å². The number of para-hydroxylation sites is 15. The molecule has 6 heterocycles. The fourth-order valence-corrected chi connectivity index (χ4v) is 21.7. The van der Waals surface area contributed by atoms with E-state index in [1.807, 2.05) is 0 Å². The highest BCUT2D eigenvalue weighted by Crippen LogP contribution is 2.46. The summed E-state index contributed by atoms with van der Waals surface area (Å²) >= 11 is 0. The van der Waals surface area contributed by atoms with Crippen LogP contribution < -0.4 is 0 Å². The average molecular weight is 1760 g/mol. The third-order valence-electron chi connectivity index (χ3n) is 28.0. The molecule has 0 aliphatic carbocycles. The highest BCUT2D eigenvalue weighted by atomic mass is 15.0. The molecule has 0 spiro atoms. The minimum atomic E-state index is 1.13. The normalized spacial score (nSPS) is 11.6. The maximum absolute atomic E-state index is 2.49. The lowest BCUT2D eigenvalue weighted by molar-refractivity contribution is 1.16. The summed E-state index contributed by atoms with van der Waals surface area (Å²) in [6.07, 6.45) is 0. The van der Waals surface area contributed by atoms with E-state index in [0.717, 1.165) is 39.1 Å². The predicted molar refractivity (Wildman–Crippen MR) is 585 cm³/mol. The Kier molecular flexibility index (Phi) is 19.9. The Bertz CT molecular complexity index is 9650. The Balaban J connectivity index is 0.000000107. The fourth-order valence-electron chi connectivity index (χ4n) is 21.7. The number of rotatable bonds is 10. The van der Waals surface area contributed by atoms with Crippen LogP contribution in [0.4, 0.5) is 0 Å². The summed E-state index contributed by atoms with van der Waals surface area (Å²) in [5.74, 6) is 0. The molecule has 28 rings (SSSR count). The van der Waals surface area contributed by atoms with Crippen molar-refractivity contribution >= 4 is 147 Å². The molecule has 0 radical (unpaired) electrons. The molecule has 646 valence electrons. The first-order valence-corrected chi connectivity index (χ1v) is 47.4. The first kappa shape index (κ1) is 80.5. The maximum atomic E-state index is 2.49. The molecule has 0 bridgehead atoms. The summed E-state index contributed by atoms with van der Waals surface area (Å²) in [4.78, 5) is 0. The van der Waals surface area contributed by atoms with Crippen LogP contribution in [0.2, 0.25) is 0 Å². The highest BCUT2D eigenvalue weighted by molar-refractivity contribution is 6.24. The lowest BCUT2D eigenvalue weighted by Crippen LogP contribution is -2.01. The summed E-state index contributed by atoms with van der Waals surface area (Å²) in [5, 5.41) is 14.9. The lowest BCUT2D eigenvalue weighted by atomic mass is 9.93. The van der Waals surface area contributed by atoms with Crippen LogP contribution in [0.3, 0.4) is 0 Å². The third-order valence-corrected chi connectivity index (χ3v) is 28.0. The molecule has 6 heteroatoms. The molecule has 138 heavy (non-hydrogen) atoms. The first-order valence-electron chi connectivity index (χ1n) is 47.4.